The zero-order valence-electron chi connectivity index (χ0n) is 11.0. The smallest absolute Gasteiger partial charge is 0.155 e. The number of nitriles is 1. The highest BCUT2D eigenvalue weighted by atomic mass is 16.5. The van der Waals surface area contributed by atoms with E-state index in [1.165, 1.54) is 0 Å². The summed E-state index contributed by atoms with van der Waals surface area (Å²) in [6, 6.07) is 22.1. The van der Waals surface area contributed by atoms with Crippen molar-refractivity contribution in [2.75, 3.05) is 0 Å². The average Bonchev–Trinajstić information content (AvgIpc) is 2.47. The van der Waals surface area contributed by atoms with Crippen LogP contribution in [0.15, 0.2) is 60.7 Å². The zero-order valence-corrected chi connectivity index (χ0v) is 11.0. The van der Waals surface area contributed by atoms with Crippen LogP contribution in [0, 0.1) is 11.3 Å². The molecule has 0 aliphatic rings. The molecule has 0 aliphatic heterocycles. The molecule has 2 rings (SSSR count). The molecular formula is C17H17NO. The van der Waals surface area contributed by atoms with E-state index in [2.05, 4.69) is 6.07 Å². The van der Waals surface area contributed by atoms with Gasteiger partial charge < -0.3 is 4.74 Å². The van der Waals surface area contributed by atoms with E-state index in [1.54, 1.807) is 0 Å². The van der Waals surface area contributed by atoms with Crippen LogP contribution in [0.4, 0.5) is 0 Å². The summed E-state index contributed by atoms with van der Waals surface area (Å²) in [5.74, 6) is 0. The molecule has 0 fully saturated rings. The third kappa shape index (κ3) is 3.94. The lowest BCUT2D eigenvalue weighted by atomic mass is 9.98. The molecule has 19 heavy (non-hydrogen) atoms. The predicted octanol–water partition coefficient (Wildman–Crippen LogP) is 3.73. The second kappa shape index (κ2) is 6.17. The van der Waals surface area contributed by atoms with Crippen molar-refractivity contribution in [2.45, 2.75) is 25.6 Å². The molecule has 0 N–H and O–H groups in total. The lowest BCUT2D eigenvalue weighted by Gasteiger charge is -2.22. The Balaban J connectivity index is 2.01. The van der Waals surface area contributed by atoms with E-state index in [9.17, 15) is 5.26 Å². The van der Waals surface area contributed by atoms with Crippen molar-refractivity contribution >= 4 is 0 Å². The molecule has 2 aromatic carbocycles. The van der Waals surface area contributed by atoms with Gasteiger partial charge in [-0.2, -0.15) is 5.26 Å². The summed E-state index contributed by atoms with van der Waals surface area (Å²) in [5, 5.41) is 9.35. The van der Waals surface area contributed by atoms with E-state index in [4.69, 9.17) is 4.74 Å². The van der Waals surface area contributed by atoms with Crippen molar-refractivity contribution in [1.29, 1.82) is 5.26 Å². The molecular weight excluding hydrogens is 234 g/mol. The second-order valence-electron chi connectivity index (χ2n) is 4.78. The number of hydrogen-bond donors (Lipinski definition) is 0. The third-order valence-corrected chi connectivity index (χ3v) is 3.02. The van der Waals surface area contributed by atoms with E-state index in [-0.39, 0.29) is 0 Å². The fourth-order valence-corrected chi connectivity index (χ4v) is 1.93. The number of ether oxygens (including phenoxy) is 1. The normalized spacial score (nSPS) is 13.5. The van der Waals surface area contributed by atoms with Crippen LogP contribution in [-0.4, -0.2) is 5.60 Å². The summed E-state index contributed by atoms with van der Waals surface area (Å²) in [4.78, 5) is 0. The fourth-order valence-electron chi connectivity index (χ4n) is 1.93. The second-order valence-corrected chi connectivity index (χ2v) is 4.78. The van der Waals surface area contributed by atoms with Crippen molar-refractivity contribution < 1.29 is 4.74 Å². The van der Waals surface area contributed by atoms with Crippen molar-refractivity contribution in [3.8, 4) is 6.07 Å². The van der Waals surface area contributed by atoms with Crippen molar-refractivity contribution in [3.63, 3.8) is 0 Å². The predicted molar refractivity (Wildman–Crippen MR) is 75.4 cm³/mol. The molecule has 0 heterocycles. The molecule has 2 nitrogen and oxygen atoms in total. The first-order valence-corrected chi connectivity index (χ1v) is 6.35. The van der Waals surface area contributed by atoms with Gasteiger partial charge in [-0.15, -0.1) is 0 Å². The lowest BCUT2D eigenvalue weighted by molar-refractivity contribution is -0.000494. The molecule has 0 bridgehead atoms. The van der Waals surface area contributed by atoms with Gasteiger partial charge in [0.2, 0.25) is 0 Å². The van der Waals surface area contributed by atoms with Gasteiger partial charge in [-0.25, -0.2) is 0 Å². The van der Waals surface area contributed by atoms with Crippen LogP contribution in [-0.2, 0) is 17.8 Å². The topological polar surface area (TPSA) is 33.0 Å². The van der Waals surface area contributed by atoms with Gasteiger partial charge in [0, 0.05) is 6.42 Å². The Morgan fingerprint density at radius 3 is 2.00 bits per heavy atom. The van der Waals surface area contributed by atoms with E-state index in [0.717, 1.165) is 11.1 Å². The van der Waals surface area contributed by atoms with Gasteiger partial charge in [0.1, 0.15) is 0 Å². The van der Waals surface area contributed by atoms with Gasteiger partial charge in [0.25, 0.3) is 0 Å². The van der Waals surface area contributed by atoms with Crippen LogP contribution in [0.25, 0.3) is 0 Å². The highest BCUT2D eigenvalue weighted by molar-refractivity contribution is 5.20. The van der Waals surface area contributed by atoms with Gasteiger partial charge in [0.05, 0.1) is 12.7 Å². The molecule has 0 spiro atoms. The monoisotopic (exact) mass is 251 g/mol. The number of nitrogens with zero attached hydrogens (tertiary/aromatic N) is 1. The SMILES string of the molecule is CC(C#N)(Cc1ccccc1)OCc1ccccc1. The molecule has 0 amide bonds. The maximum atomic E-state index is 9.35. The van der Waals surface area contributed by atoms with Crippen LogP contribution in [0.2, 0.25) is 0 Å². The number of rotatable bonds is 5. The Morgan fingerprint density at radius 2 is 1.47 bits per heavy atom. The fraction of sp³-hybridized carbons (Fsp3) is 0.235. The average molecular weight is 251 g/mol. The molecule has 2 aromatic rings. The summed E-state index contributed by atoms with van der Waals surface area (Å²) in [6.07, 6.45) is 0.594. The quantitative estimate of drug-likeness (QED) is 0.811. The van der Waals surface area contributed by atoms with Gasteiger partial charge in [-0.3, -0.25) is 0 Å². The summed E-state index contributed by atoms with van der Waals surface area (Å²) >= 11 is 0. The van der Waals surface area contributed by atoms with E-state index < -0.39 is 5.60 Å². The molecule has 0 saturated carbocycles. The highest BCUT2D eigenvalue weighted by Crippen LogP contribution is 2.19. The van der Waals surface area contributed by atoms with Gasteiger partial charge in [-0.05, 0) is 18.1 Å². The molecule has 0 aliphatic carbocycles. The van der Waals surface area contributed by atoms with Crippen molar-refractivity contribution in [1.82, 2.24) is 0 Å². The van der Waals surface area contributed by atoms with E-state index in [1.807, 2.05) is 67.6 Å². The van der Waals surface area contributed by atoms with Crippen molar-refractivity contribution in [3.05, 3.63) is 71.8 Å². The summed E-state index contributed by atoms with van der Waals surface area (Å²) in [5.41, 5.74) is 1.40. The first-order chi connectivity index (χ1) is 9.22. The molecule has 0 saturated heterocycles. The van der Waals surface area contributed by atoms with Crippen molar-refractivity contribution in [2.24, 2.45) is 0 Å². The van der Waals surface area contributed by atoms with Gasteiger partial charge in [-0.1, -0.05) is 60.7 Å². The molecule has 96 valence electrons. The maximum absolute atomic E-state index is 9.35. The van der Waals surface area contributed by atoms with Crippen LogP contribution in [0.5, 0.6) is 0 Å². The lowest BCUT2D eigenvalue weighted by Crippen LogP contribution is -2.29. The molecule has 2 heteroatoms. The standard InChI is InChI=1S/C17H17NO/c1-17(14-18,12-15-8-4-2-5-9-15)19-13-16-10-6-3-7-11-16/h2-11H,12-13H2,1H3. The summed E-state index contributed by atoms with van der Waals surface area (Å²) in [7, 11) is 0. The third-order valence-electron chi connectivity index (χ3n) is 3.02. The van der Waals surface area contributed by atoms with E-state index in [0.29, 0.717) is 13.0 Å². The minimum atomic E-state index is -0.794. The minimum absolute atomic E-state index is 0.456. The Bertz CT molecular complexity index is 544. The highest BCUT2D eigenvalue weighted by Gasteiger charge is 2.25. The molecule has 0 radical (unpaired) electrons. The molecule has 1 unspecified atom stereocenters. The molecule has 0 aromatic heterocycles. The largest absolute Gasteiger partial charge is 0.355 e. The Labute approximate surface area is 114 Å². The Kier molecular flexibility index (Phi) is 4.33. The summed E-state index contributed by atoms with van der Waals surface area (Å²) in [6.45, 7) is 2.29. The number of benzene rings is 2. The zero-order chi connectivity index (χ0) is 13.6. The molecule has 1 atom stereocenters. The summed E-state index contributed by atoms with van der Waals surface area (Å²) < 4.78 is 5.81. The Hall–Kier alpha value is -2.11. The first kappa shape index (κ1) is 13.3. The first-order valence-electron chi connectivity index (χ1n) is 6.35. The van der Waals surface area contributed by atoms with Crippen LogP contribution in [0.3, 0.4) is 0 Å². The van der Waals surface area contributed by atoms with Crippen LogP contribution >= 0.6 is 0 Å². The Morgan fingerprint density at radius 1 is 0.947 bits per heavy atom. The van der Waals surface area contributed by atoms with Crippen LogP contribution in [0.1, 0.15) is 18.1 Å². The van der Waals surface area contributed by atoms with E-state index >= 15 is 0 Å². The minimum Gasteiger partial charge on any atom is -0.355 e. The maximum Gasteiger partial charge on any atom is 0.155 e. The van der Waals surface area contributed by atoms with Gasteiger partial charge in [0.15, 0.2) is 5.60 Å². The van der Waals surface area contributed by atoms with Crippen LogP contribution < -0.4 is 0 Å². The van der Waals surface area contributed by atoms with Gasteiger partial charge >= 0.3 is 0 Å². The number of hydrogen-bond acceptors (Lipinski definition) is 2.